The van der Waals surface area contributed by atoms with Crippen LogP contribution in [0.4, 0.5) is 13.2 Å². The van der Waals surface area contributed by atoms with Gasteiger partial charge in [0.2, 0.25) is 0 Å². The number of phenols is 1. The van der Waals surface area contributed by atoms with Crippen LogP contribution in [-0.4, -0.2) is 11.1 Å². The van der Waals surface area contributed by atoms with Crippen molar-refractivity contribution in [2.45, 2.75) is 25.6 Å². The molecule has 1 rings (SSSR count). The average Bonchev–Trinajstić information content (AvgIpc) is 1.99. The molecule has 0 amide bonds. The van der Waals surface area contributed by atoms with E-state index < -0.39 is 11.7 Å². The third-order valence-corrected chi connectivity index (χ3v) is 1.86. The van der Waals surface area contributed by atoms with Crippen LogP contribution in [0.1, 0.15) is 18.1 Å². The Labute approximate surface area is 85.5 Å². The molecule has 0 unspecified atom stereocenters. The van der Waals surface area contributed by atoms with Gasteiger partial charge in [0.25, 0.3) is 0 Å². The molecule has 0 heterocycles. The average molecular weight is 219 g/mol. The van der Waals surface area contributed by atoms with E-state index in [9.17, 15) is 13.2 Å². The fourth-order valence-corrected chi connectivity index (χ4v) is 1.33. The topological polar surface area (TPSA) is 46.2 Å². The summed E-state index contributed by atoms with van der Waals surface area (Å²) in [5.41, 5.74) is 5.01. The molecule has 0 fully saturated rings. The number of nitrogens with two attached hydrogens (primary N) is 1. The summed E-state index contributed by atoms with van der Waals surface area (Å²) in [5.74, 6) is -0.388. The lowest BCUT2D eigenvalue weighted by molar-refractivity contribution is -0.137. The minimum Gasteiger partial charge on any atom is -0.508 e. The smallest absolute Gasteiger partial charge is 0.416 e. The van der Waals surface area contributed by atoms with Crippen molar-refractivity contribution in [1.29, 1.82) is 0 Å². The monoisotopic (exact) mass is 219 g/mol. The first kappa shape index (κ1) is 11.8. The van der Waals surface area contributed by atoms with Gasteiger partial charge >= 0.3 is 6.18 Å². The number of halogens is 3. The highest BCUT2D eigenvalue weighted by atomic mass is 19.4. The van der Waals surface area contributed by atoms with Crippen LogP contribution in [-0.2, 0) is 12.6 Å². The van der Waals surface area contributed by atoms with E-state index in [0.717, 1.165) is 6.07 Å². The van der Waals surface area contributed by atoms with Gasteiger partial charge in [0.05, 0.1) is 5.56 Å². The molecular weight excluding hydrogens is 207 g/mol. The first-order valence-corrected chi connectivity index (χ1v) is 4.45. The van der Waals surface area contributed by atoms with Gasteiger partial charge in [-0.2, -0.15) is 13.2 Å². The number of hydrogen-bond acceptors (Lipinski definition) is 2. The second-order valence-electron chi connectivity index (χ2n) is 3.57. The molecule has 0 aliphatic carbocycles. The van der Waals surface area contributed by atoms with Crippen molar-refractivity contribution < 1.29 is 18.3 Å². The van der Waals surface area contributed by atoms with Crippen molar-refractivity contribution in [3.8, 4) is 5.75 Å². The molecule has 0 radical (unpaired) electrons. The van der Waals surface area contributed by atoms with Gasteiger partial charge in [-0.05, 0) is 37.1 Å². The standard InChI is InChI=1S/C10H12F3NO/c1-6(14)2-7-3-8(10(11,12)13)5-9(15)4-7/h3-6,15H,2,14H2,1H3/t6-/m0/s1. The van der Waals surface area contributed by atoms with E-state index in [1.807, 2.05) is 0 Å². The highest BCUT2D eigenvalue weighted by Crippen LogP contribution is 2.32. The van der Waals surface area contributed by atoms with Crippen LogP contribution >= 0.6 is 0 Å². The molecular formula is C10H12F3NO. The molecule has 0 aromatic heterocycles. The van der Waals surface area contributed by atoms with Gasteiger partial charge in [0, 0.05) is 6.04 Å². The molecule has 1 atom stereocenters. The maximum Gasteiger partial charge on any atom is 0.416 e. The van der Waals surface area contributed by atoms with Crippen molar-refractivity contribution in [2.24, 2.45) is 5.73 Å². The molecule has 0 spiro atoms. The number of aromatic hydroxyl groups is 1. The highest BCUT2D eigenvalue weighted by Gasteiger charge is 2.31. The Morgan fingerprint density at radius 2 is 1.93 bits per heavy atom. The summed E-state index contributed by atoms with van der Waals surface area (Å²) in [6.45, 7) is 1.69. The summed E-state index contributed by atoms with van der Waals surface area (Å²) in [7, 11) is 0. The van der Waals surface area contributed by atoms with Crippen LogP contribution in [0.15, 0.2) is 18.2 Å². The zero-order valence-corrected chi connectivity index (χ0v) is 8.17. The van der Waals surface area contributed by atoms with Crippen molar-refractivity contribution in [3.05, 3.63) is 29.3 Å². The molecule has 15 heavy (non-hydrogen) atoms. The maximum atomic E-state index is 12.3. The Balaban J connectivity index is 3.06. The number of alkyl halides is 3. The third kappa shape index (κ3) is 3.43. The number of phenolic OH excluding ortho intramolecular Hbond substituents is 1. The van der Waals surface area contributed by atoms with E-state index in [4.69, 9.17) is 10.8 Å². The van der Waals surface area contributed by atoms with E-state index in [1.165, 1.54) is 6.07 Å². The Morgan fingerprint density at radius 1 is 1.33 bits per heavy atom. The van der Waals surface area contributed by atoms with Crippen molar-refractivity contribution >= 4 is 0 Å². The molecule has 5 heteroatoms. The summed E-state index contributed by atoms with van der Waals surface area (Å²) >= 11 is 0. The number of benzene rings is 1. The number of hydrogen-bond donors (Lipinski definition) is 2. The SMILES string of the molecule is C[C@H](N)Cc1cc(O)cc(C(F)(F)F)c1. The Bertz CT molecular complexity index is 347. The van der Waals surface area contributed by atoms with Crippen LogP contribution < -0.4 is 5.73 Å². The van der Waals surface area contributed by atoms with Gasteiger partial charge < -0.3 is 10.8 Å². The van der Waals surface area contributed by atoms with Crippen LogP contribution in [0.3, 0.4) is 0 Å². The van der Waals surface area contributed by atoms with Crippen LogP contribution in [0.2, 0.25) is 0 Å². The van der Waals surface area contributed by atoms with Gasteiger partial charge in [-0.25, -0.2) is 0 Å². The molecule has 0 aliphatic rings. The van der Waals surface area contributed by atoms with Crippen LogP contribution in [0.5, 0.6) is 5.75 Å². The predicted molar refractivity (Wildman–Crippen MR) is 50.5 cm³/mol. The second-order valence-corrected chi connectivity index (χ2v) is 3.57. The van der Waals surface area contributed by atoms with Gasteiger partial charge in [0.15, 0.2) is 0 Å². The summed E-state index contributed by atoms with van der Waals surface area (Å²) in [6, 6.07) is 2.75. The summed E-state index contributed by atoms with van der Waals surface area (Å²) in [6.07, 6.45) is -4.14. The van der Waals surface area contributed by atoms with E-state index in [1.54, 1.807) is 6.92 Å². The largest absolute Gasteiger partial charge is 0.508 e. The first-order valence-electron chi connectivity index (χ1n) is 4.45. The minimum absolute atomic E-state index is 0.243. The lowest BCUT2D eigenvalue weighted by atomic mass is 10.0. The van der Waals surface area contributed by atoms with Crippen LogP contribution in [0, 0.1) is 0 Å². The van der Waals surface area contributed by atoms with E-state index in [-0.39, 0.29) is 11.8 Å². The predicted octanol–water partition coefficient (Wildman–Crippen LogP) is 2.30. The number of rotatable bonds is 2. The molecule has 0 bridgehead atoms. The third-order valence-electron chi connectivity index (χ3n) is 1.86. The lowest BCUT2D eigenvalue weighted by Crippen LogP contribution is -2.18. The first-order chi connectivity index (χ1) is 6.79. The Morgan fingerprint density at radius 3 is 2.40 bits per heavy atom. The fourth-order valence-electron chi connectivity index (χ4n) is 1.33. The molecule has 3 N–H and O–H groups in total. The van der Waals surface area contributed by atoms with E-state index in [0.29, 0.717) is 18.1 Å². The molecule has 2 nitrogen and oxygen atoms in total. The quantitative estimate of drug-likeness (QED) is 0.801. The summed E-state index contributed by atoms with van der Waals surface area (Å²) in [4.78, 5) is 0. The van der Waals surface area contributed by atoms with Gasteiger partial charge in [-0.15, -0.1) is 0 Å². The Hall–Kier alpha value is -1.23. The van der Waals surface area contributed by atoms with Crippen molar-refractivity contribution in [1.82, 2.24) is 0 Å². The molecule has 84 valence electrons. The molecule has 1 aromatic carbocycles. The minimum atomic E-state index is -4.44. The fraction of sp³-hybridized carbons (Fsp3) is 0.400. The van der Waals surface area contributed by atoms with Crippen molar-refractivity contribution in [3.63, 3.8) is 0 Å². The maximum absolute atomic E-state index is 12.3. The van der Waals surface area contributed by atoms with E-state index in [2.05, 4.69) is 0 Å². The summed E-state index contributed by atoms with van der Waals surface area (Å²) in [5, 5.41) is 9.13. The Kier molecular flexibility index (Phi) is 3.24. The highest BCUT2D eigenvalue weighted by molar-refractivity contribution is 5.35. The second kappa shape index (κ2) is 4.10. The lowest BCUT2D eigenvalue weighted by Gasteiger charge is -2.11. The molecule has 0 aliphatic heterocycles. The molecule has 0 saturated heterocycles. The normalized spacial score (nSPS) is 13.9. The molecule has 0 saturated carbocycles. The zero-order chi connectivity index (χ0) is 11.6. The van der Waals surface area contributed by atoms with Gasteiger partial charge in [-0.3, -0.25) is 0 Å². The summed E-state index contributed by atoms with van der Waals surface area (Å²) < 4.78 is 37.0. The van der Waals surface area contributed by atoms with Crippen molar-refractivity contribution in [2.75, 3.05) is 0 Å². The van der Waals surface area contributed by atoms with Crippen LogP contribution in [0.25, 0.3) is 0 Å². The zero-order valence-electron chi connectivity index (χ0n) is 8.17. The van der Waals surface area contributed by atoms with Gasteiger partial charge in [-0.1, -0.05) is 0 Å². The van der Waals surface area contributed by atoms with Gasteiger partial charge in [0.1, 0.15) is 5.75 Å². The van der Waals surface area contributed by atoms with E-state index >= 15 is 0 Å². The molecule has 1 aromatic rings.